The van der Waals surface area contributed by atoms with Crippen LogP contribution in [0.1, 0.15) is 71.2 Å². The van der Waals surface area contributed by atoms with Gasteiger partial charge in [-0.15, -0.1) is 0 Å². The summed E-state index contributed by atoms with van der Waals surface area (Å²) in [6.45, 7) is 12.2. The van der Waals surface area contributed by atoms with E-state index in [2.05, 4.69) is 6.58 Å². The third-order valence-electron chi connectivity index (χ3n) is 11.3. The second-order valence-electron chi connectivity index (χ2n) is 14.8. The molecule has 1 aromatic carbocycles. The van der Waals surface area contributed by atoms with Crippen LogP contribution in [0.2, 0.25) is 0 Å². The van der Waals surface area contributed by atoms with Crippen molar-refractivity contribution >= 4 is 23.7 Å². The molecule has 0 aromatic heterocycles. The largest absolute Gasteiger partial charge is 0.461 e. The van der Waals surface area contributed by atoms with Crippen LogP contribution in [0.25, 0.3) is 0 Å². The lowest BCUT2D eigenvalue weighted by molar-refractivity contribution is -0.311. The van der Waals surface area contributed by atoms with Crippen molar-refractivity contribution in [2.75, 3.05) is 6.61 Å². The molecule has 1 aromatic rings. The molecule has 0 bridgehead atoms. The van der Waals surface area contributed by atoms with Crippen LogP contribution < -0.4 is 0 Å². The summed E-state index contributed by atoms with van der Waals surface area (Å²) in [6, 6.07) is 8.09. The predicted molar refractivity (Wildman–Crippen MR) is 176 cm³/mol. The van der Waals surface area contributed by atoms with Crippen molar-refractivity contribution in [3.63, 3.8) is 0 Å². The zero-order valence-corrected chi connectivity index (χ0v) is 29.6. The Morgan fingerprint density at radius 1 is 0.980 bits per heavy atom. The highest BCUT2D eigenvalue weighted by atomic mass is 16.7. The Labute approximate surface area is 296 Å². The molecule has 51 heavy (non-hydrogen) atoms. The summed E-state index contributed by atoms with van der Waals surface area (Å²) in [4.78, 5) is 53.7. The summed E-state index contributed by atoms with van der Waals surface area (Å²) in [5, 5.41) is 53.5. The van der Waals surface area contributed by atoms with Crippen molar-refractivity contribution in [3.05, 3.63) is 59.2 Å². The summed E-state index contributed by atoms with van der Waals surface area (Å²) < 4.78 is 30.3. The average Bonchev–Trinajstić information content (AvgIpc) is 3.30. The van der Waals surface area contributed by atoms with Crippen molar-refractivity contribution in [1.29, 1.82) is 0 Å². The maximum absolute atomic E-state index is 13.9. The molecule has 0 amide bonds. The molecule has 280 valence electrons. The number of benzene rings is 1. The summed E-state index contributed by atoms with van der Waals surface area (Å²) in [7, 11) is 0. The molecule has 0 unspecified atom stereocenters. The molecular formula is C37H48O14. The Morgan fingerprint density at radius 3 is 2.16 bits per heavy atom. The average molecular weight is 717 g/mol. The Hall–Kier alpha value is -3.50. The molecule has 14 heteroatoms. The fourth-order valence-electron chi connectivity index (χ4n) is 8.73. The quantitative estimate of drug-likeness (QED) is 0.146. The molecule has 4 aliphatic rings. The van der Waals surface area contributed by atoms with Gasteiger partial charge in [0.25, 0.3) is 0 Å². The highest BCUT2D eigenvalue weighted by Gasteiger charge is 2.72. The van der Waals surface area contributed by atoms with Gasteiger partial charge in [-0.25, -0.2) is 4.79 Å². The molecule has 1 aliphatic heterocycles. The van der Waals surface area contributed by atoms with Gasteiger partial charge in [-0.1, -0.05) is 31.7 Å². The number of hydrogen-bond donors (Lipinski definition) is 5. The molecule has 1 saturated heterocycles. The lowest BCUT2D eigenvalue weighted by atomic mass is 9.55. The molecule has 14 nitrogen and oxygen atoms in total. The fraction of sp³-hybridized carbons (Fsp3) is 0.622. The van der Waals surface area contributed by atoms with Crippen molar-refractivity contribution in [1.82, 2.24) is 0 Å². The van der Waals surface area contributed by atoms with Gasteiger partial charge in [0.1, 0.15) is 36.6 Å². The van der Waals surface area contributed by atoms with Crippen LogP contribution in [-0.2, 0) is 38.1 Å². The molecule has 0 radical (unpaired) electrons. The van der Waals surface area contributed by atoms with Crippen LogP contribution in [0.5, 0.6) is 0 Å². The molecule has 1 heterocycles. The van der Waals surface area contributed by atoms with Gasteiger partial charge in [-0.3, -0.25) is 14.4 Å². The first kappa shape index (κ1) is 38.7. The molecule has 5 N–H and O–H groups in total. The van der Waals surface area contributed by atoms with Crippen LogP contribution in [0.15, 0.2) is 53.6 Å². The highest BCUT2D eigenvalue weighted by Crippen LogP contribution is 2.65. The molecule has 12 atom stereocenters. The van der Waals surface area contributed by atoms with Gasteiger partial charge in [0.2, 0.25) is 0 Å². The Bertz CT molecular complexity index is 1580. The van der Waals surface area contributed by atoms with Crippen LogP contribution in [0.3, 0.4) is 0 Å². The van der Waals surface area contributed by atoms with E-state index in [0.29, 0.717) is 0 Å². The number of carbonyl (C=O) groups is 4. The van der Waals surface area contributed by atoms with Gasteiger partial charge in [0, 0.05) is 31.6 Å². The third kappa shape index (κ3) is 6.56. The van der Waals surface area contributed by atoms with E-state index in [4.69, 9.17) is 23.7 Å². The van der Waals surface area contributed by atoms with E-state index < -0.39 is 108 Å². The number of hydrogen-bond acceptors (Lipinski definition) is 14. The zero-order valence-electron chi connectivity index (χ0n) is 29.6. The first-order valence-electron chi connectivity index (χ1n) is 17.0. The van der Waals surface area contributed by atoms with E-state index in [1.807, 2.05) is 0 Å². The molecule has 3 fully saturated rings. The van der Waals surface area contributed by atoms with E-state index in [9.17, 15) is 44.7 Å². The number of Topliss-reactive ketones (excluding diaryl/α,β-unsaturated/α-hetero) is 1. The van der Waals surface area contributed by atoms with Crippen molar-refractivity contribution in [2.45, 2.75) is 122 Å². The van der Waals surface area contributed by atoms with E-state index >= 15 is 0 Å². The van der Waals surface area contributed by atoms with Crippen molar-refractivity contribution < 1.29 is 68.4 Å². The lowest BCUT2D eigenvalue weighted by Gasteiger charge is -2.54. The van der Waals surface area contributed by atoms with Crippen LogP contribution in [-0.4, -0.2) is 117 Å². The monoisotopic (exact) mass is 716 g/mol. The van der Waals surface area contributed by atoms with Gasteiger partial charge in [0.05, 0.1) is 29.3 Å². The minimum absolute atomic E-state index is 0.135. The number of aliphatic hydroxyl groups is 5. The zero-order chi connectivity index (χ0) is 37.8. The molecule has 5 rings (SSSR count). The molecule has 0 spiro atoms. The van der Waals surface area contributed by atoms with E-state index in [1.54, 1.807) is 37.3 Å². The summed E-state index contributed by atoms with van der Waals surface area (Å²) in [5.74, 6) is -3.74. The summed E-state index contributed by atoms with van der Waals surface area (Å²) in [6.07, 6.45) is -13.1. The van der Waals surface area contributed by atoms with Gasteiger partial charge in [-0.05, 0) is 62.5 Å². The minimum atomic E-state index is -1.84. The number of aliphatic hydroxyl groups excluding tert-OH is 4. The topological polar surface area (TPSA) is 216 Å². The first-order chi connectivity index (χ1) is 23.8. The van der Waals surface area contributed by atoms with Crippen molar-refractivity contribution in [3.8, 4) is 0 Å². The number of ketones is 1. The Morgan fingerprint density at radius 2 is 1.59 bits per heavy atom. The van der Waals surface area contributed by atoms with Gasteiger partial charge in [0.15, 0.2) is 18.2 Å². The molecule has 3 aliphatic carbocycles. The third-order valence-corrected chi connectivity index (χ3v) is 11.3. The maximum atomic E-state index is 13.9. The number of ether oxygens (including phenoxy) is 5. The first-order valence-corrected chi connectivity index (χ1v) is 17.0. The van der Waals surface area contributed by atoms with Crippen LogP contribution >= 0.6 is 0 Å². The maximum Gasteiger partial charge on any atom is 0.338 e. The predicted octanol–water partition coefficient (Wildman–Crippen LogP) is 1.29. The number of fused-ring (bicyclic) bond motifs is 2. The second kappa shape index (κ2) is 14.1. The fourth-order valence-corrected chi connectivity index (χ4v) is 8.73. The summed E-state index contributed by atoms with van der Waals surface area (Å²) in [5.41, 5.74) is -4.13. The standard InChI is InChI=1S/C37H48O14/c1-17-22(41)15-37(35(5,6)46)25(17)30(51-33(45)21-11-9-8-10-12-21)32(48-20(4)40)36(7)14-13-23(18(2)26(36)31(37)47-19(3)39)49-34-29(44)28(43)27(42)24(16-38)50-34/h8-12,23-24,26-32,34,38,42-44,46H,2,13-16H2,1,3-7H3/t23-,24-,26+,27+,28-,29-,30-,31-,32-,34+,36-,37+/m1/s1. The SMILES string of the molecule is C=C1[C@H](O[C@H]2O[C@H](CO)[C@H](O)[C@@H](O)[C@H]2O)CC[C@@]2(C)[C@H](OC(C)=O)[C@H](OC(=O)c3ccccc3)C3=C(C)C(=O)C[C@@]3(C(C)(C)O)[C@H](OC(C)=O)[C@H]12. The van der Waals surface area contributed by atoms with Crippen molar-refractivity contribution in [2.24, 2.45) is 16.7 Å². The second-order valence-corrected chi connectivity index (χ2v) is 14.8. The van der Waals surface area contributed by atoms with E-state index in [1.165, 1.54) is 34.6 Å². The Balaban J connectivity index is 1.72. The Kier molecular flexibility index (Phi) is 10.7. The number of rotatable bonds is 8. The van der Waals surface area contributed by atoms with Crippen LogP contribution in [0.4, 0.5) is 0 Å². The molecule has 2 saturated carbocycles. The number of esters is 3. The van der Waals surface area contributed by atoms with E-state index in [0.717, 1.165) is 0 Å². The molecular weight excluding hydrogens is 668 g/mol. The highest BCUT2D eigenvalue weighted by molar-refractivity contribution is 6.00. The van der Waals surface area contributed by atoms with Gasteiger partial charge >= 0.3 is 17.9 Å². The van der Waals surface area contributed by atoms with Gasteiger partial charge in [-0.2, -0.15) is 0 Å². The number of allylic oxidation sites excluding steroid dienone is 1. The van der Waals surface area contributed by atoms with Crippen LogP contribution in [0, 0.1) is 16.7 Å². The van der Waals surface area contributed by atoms with E-state index in [-0.39, 0.29) is 41.5 Å². The smallest absolute Gasteiger partial charge is 0.338 e. The van der Waals surface area contributed by atoms with Gasteiger partial charge < -0.3 is 49.2 Å². The normalized spacial score (nSPS) is 38.3. The summed E-state index contributed by atoms with van der Waals surface area (Å²) >= 11 is 0. The minimum Gasteiger partial charge on any atom is -0.461 e. The lowest BCUT2D eigenvalue weighted by Crippen LogP contribution is -2.61. The number of carbonyl (C=O) groups excluding carboxylic acids is 4.